The summed E-state index contributed by atoms with van der Waals surface area (Å²) >= 11 is 5.88. The monoisotopic (exact) mass is 346 g/mol. The maximum absolute atomic E-state index is 11.9. The lowest BCUT2D eigenvalue weighted by Crippen LogP contribution is -2.36. The van der Waals surface area contributed by atoms with E-state index in [-0.39, 0.29) is 18.5 Å². The Balaban J connectivity index is 1.68. The largest absolute Gasteiger partial charge is 0.497 e. The summed E-state index contributed by atoms with van der Waals surface area (Å²) in [5.74, 6) is 0.826. The van der Waals surface area contributed by atoms with Gasteiger partial charge in [0.2, 0.25) is 5.91 Å². The Morgan fingerprint density at radius 3 is 2.42 bits per heavy atom. The minimum atomic E-state index is -0.00988. The van der Waals surface area contributed by atoms with Crippen LogP contribution in [0.3, 0.4) is 0 Å². The second-order valence-corrected chi connectivity index (χ2v) is 6.04. The highest BCUT2D eigenvalue weighted by molar-refractivity contribution is 6.30. The van der Waals surface area contributed by atoms with Gasteiger partial charge in [-0.2, -0.15) is 0 Å². The zero-order valence-corrected chi connectivity index (χ0v) is 14.8. The van der Waals surface area contributed by atoms with Gasteiger partial charge in [0.1, 0.15) is 5.75 Å². The summed E-state index contributed by atoms with van der Waals surface area (Å²) in [5, 5.41) is 6.84. The zero-order valence-electron chi connectivity index (χ0n) is 14.0. The van der Waals surface area contributed by atoms with Crippen molar-refractivity contribution in [1.82, 2.24) is 10.6 Å². The standard InChI is InChI=1S/C19H23ClN2O2/c1-14(16-5-7-17(20)8-6-16)22-13-19(23)21-12-11-15-3-9-18(24-2)10-4-15/h3-10,14,22H,11-13H2,1-2H3,(H,21,23)/t14-/m0/s1. The first-order valence-electron chi connectivity index (χ1n) is 7.97. The van der Waals surface area contributed by atoms with Crippen molar-refractivity contribution in [2.75, 3.05) is 20.2 Å². The van der Waals surface area contributed by atoms with Crippen LogP contribution in [0.15, 0.2) is 48.5 Å². The molecule has 0 radical (unpaired) electrons. The van der Waals surface area contributed by atoms with E-state index in [1.807, 2.05) is 55.5 Å². The first kappa shape index (κ1) is 18.3. The first-order chi connectivity index (χ1) is 11.6. The van der Waals surface area contributed by atoms with E-state index in [1.54, 1.807) is 7.11 Å². The predicted molar refractivity (Wildman–Crippen MR) is 97.6 cm³/mol. The molecule has 2 aromatic rings. The average Bonchev–Trinajstić information content (AvgIpc) is 2.61. The van der Waals surface area contributed by atoms with Gasteiger partial charge >= 0.3 is 0 Å². The summed E-state index contributed by atoms with van der Waals surface area (Å²) in [4.78, 5) is 11.9. The summed E-state index contributed by atoms with van der Waals surface area (Å²) in [6.45, 7) is 2.92. The van der Waals surface area contributed by atoms with Gasteiger partial charge in [0, 0.05) is 17.6 Å². The molecule has 1 amide bonds. The lowest BCUT2D eigenvalue weighted by Gasteiger charge is -2.14. The van der Waals surface area contributed by atoms with Crippen LogP contribution >= 0.6 is 11.6 Å². The van der Waals surface area contributed by atoms with Crippen molar-refractivity contribution in [1.29, 1.82) is 0 Å². The Morgan fingerprint density at radius 1 is 1.12 bits per heavy atom. The Kier molecular flexibility index (Phi) is 7.09. The molecule has 0 bridgehead atoms. The summed E-state index contributed by atoms with van der Waals surface area (Å²) in [6, 6.07) is 15.6. The minimum absolute atomic E-state index is 0.00988. The third kappa shape index (κ3) is 5.87. The lowest BCUT2D eigenvalue weighted by molar-refractivity contribution is -0.120. The molecule has 4 nitrogen and oxygen atoms in total. The number of carbonyl (C=O) groups excluding carboxylic acids is 1. The quantitative estimate of drug-likeness (QED) is 0.770. The van der Waals surface area contributed by atoms with E-state index in [0.29, 0.717) is 11.6 Å². The molecule has 0 aliphatic rings. The number of nitrogens with one attached hydrogen (secondary N) is 2. The highest BCUT2D eigenvalue weighted by Crippen LogP contribution is 2.15. The van der Waals surface area contributed by atoms with Gasteiger partial charge in [0.15, 0.2) is 0 Å². The summed E-state index contributed by atoms with van der Waals surface area (Å²) in [6.07, 6.45) is 0.794. The topological polar surface area (TPSA) is 50.4 Å². The molecule has 24 heavy (non-hydrogen) atoms. The molecule has 0 aliphatic heterocycles. The van der Waals surface area contributed by atoms with Gasteiger partial charge < -0.3 is 15.4 Å². The predicted octanol–water partition coefficient (Wildman–Crippen LogP) is 3.36. The molecule has 2 aromatic carbocycles. The van der Waals surface area contributed by atoms with E-state index in [1.165, 1.54) is 5.56 Å². The summed E-state index contributed by atoms with van der Waals surface area (Å²) < 4.78 is 5.12. The van der Waals surface area contributed by atoms with E-state index in [4.69, 9.17) is 16.3 Å². The fourth-order valence-corrected chi connectivity index (χ4v) is 2.44. The zero-order chi connectivity index (χ0) is 17.4. The highest BCUT2D eigenvalue weighted by atomic mass is 35.5. The second kappa shape index (κ2) is 9.30. The van der Waals surface area contributed by atoms with Crippen LogP contribution in [0.2, 0.25) is 5.02 Å². The van der Waals surface area contributed by atoms with Gasteiger partial charge in [-0.3, -0.25) is 4.79 Å². The SMILES string of the molecule is COc1ccc(CCNC(=O)CN[C@@H](C)c2ccc(Cl)cc2)cc1. The number of amides is 1. The van der Waals surface area contributed by atoms with Crippen molar-refractivity contribution >= 4 is 17.5 Å². The number of rotatable bonds is 8. The molecule has 0 saturated carbocycles. The Labute approximate surface area is 148 Å². The van der Waals surface area contributed by atoms with Gasteiger partial charge in [-0.1, -0.05) is 35.9 Å². The van der Waals surface area contributed by atoms with Crippen LogP contribution in [0, 0.1) is 0 Å². The highest BCUT2D eigenvalue weighted by Gasteiger charge is 2.07. The number of halogens is 1. The van der Waals surface area contributed by atoms with Crippen LogP contribution in [0.4, 0.5) is 0 Å². The number of hydrogen-bond donors (Lipinski definition) is 2. The smallest absolute Gasteiger partial charge is 0.233 e. The fraction of sp³-hybridized carbons (Fsp3) is 0.316. The lowest BCUT2D eigenvalue weighted by atomic mass is 10.1. The van der Waals surface area contributed by atoms with E-state index in [9.17, 15) is 4.79 Å². The van der Waals surface area contributed by atoms with Crippen molar-refractivity contribution in [3.8, 4) is 5.75 Å². The summed E-state index contributed by atoms with van der Waals surface area (Å²) in [5.41, 5.74) is 2.27. The summed E-state index contributed by atoms with van der Waals surface area (Å²) in [7, 11) is 1.65. The second-order valence-electron chi connectivity index (χ2n) is 5.60. The number of benzene rings is 2. The minimum Gasteiger partial charge on any atom is -0.497 e. The van der Waals surface area contributed by atoms with Gasteiger partial charge in [0.05, 0.1) is 13.7 Å². The van der Waals surface area contributed by atoms with Crippen LogP contribution in [0.5, 0.6) is 5.75 Å². The van der Waals surface area contributed by atoms with Gasteiger partial charge in [0.25, 0.3) is 0 Å². The van der Waals surface area contributed by atoms with Crippen LogP contribution in [0.1, 0.15) is 24.1 Å². The molecule has 0 heterocycles. The molecule has 2 rings (SSSR count). The van der Waals surface area contributed by atoms with Crippen LogP contribution < -0.4 is 15.4 Å². The van der Waals surface area contributed by atoms with E-state index in [2.05, 4.69) is 10.6 Å². The van der Waals surface area contributed by atoms with Crippen molar-refractivity contribution in [3.63, 3.8) is 0 Å². The fourth-order valence-electron chi connectivity index (χ4n) is 2.32. The Hall–Kier alpha value is -2.04. The normalized spacial score (nSPS) is 11.8. The van der Waals surface area contributed by atoms with Crippen LogP contribution in [-0.4, -0.2) is 26.1 Å². The molecule has 1 atom stereocenters. The first-order valence-corrected chi connectivity index (χ1v) is 8.35. The molecule has 2 N–H and O–H groups in total. The molecule has 0 spiro atoms. The van der Waals surface area contributed by atoms with E-state index in [0.717, 1.165) is 17.7 Å². The van der Waals surface area contributed by atoms with E-state index < -0.39 is 0 Å². The van der Waals surface area contributed by atoms with Crippen molar-refractivity contribution in [2.24, 2.45) is 0 Å². The molecule has 0 fully saturated rings. The number of carbonyl (C=O) groups is 1. The van der Waals surface area contributed by atoms with E-state index >= 15 is 0 Å². The average molecular weight is 347 g/mol. The third-order valence-corrected chi connectivity index (χ3v) is 4.09. The molecular weight excluding hydrogens is 324 g/mol. The molecule has 5 heteroatoms. The van der Waals surface area contributed by atoms with Crippen LogP contribution in [-0.2, 0) is 11.2 Å². The van der Waals surface area contributed by atoms with Crippen molar-refractivity contribution in [3.05, 3.63) is 64.7 Å². The number of methoxy groups -OCH3 is 1. The molecule has 0 aromatic heterocycles. The number of hydrogen-bond acceptors (Lipinski definition) is 3. The molecule has 128 valence electrons. The Bertz CT molecular complexity index is 641. The molecule has 0 aliphatic carbocycles. The van der Waals surface area contributed by atoms with Crippen molar-refractivity contribution < 1.29 is 9.53 Å². The van der Waals surface area contributed by atoms with Crippen LogP contribution in [0.25, 0.3) is 0 Å². The van der Waals surface area contributed by atoms with Gasteiger partial charge in [-0.25, -0.2) is 0 Å². The third-order valence-electron chi connectivity index (χ3n) is 3.83. The maximum atomic E-state index is 11.9. The number of ether oxygens (including phenoxy) is 1. The molecular formula is C19H23ClN2O2. The molecule has 0 saturated heterocycles. The maximum Gasteiger partial charge on any atom is 0.233 e. The van der Waals surface area contributed by atoms with Crippen molar-refractivity contribution in [2.45, 2.75) is 19.4 Å². The molecule has 0 unspecified atom stereocenters. The Morgan fingerprint density at radius 2 is 1.79 bits per heavy atom. The van der Waals surface area contributed by atoms with Gasteiger partial charge in [-0.15, -0.1) is 0 Å². The van der Waals surface area contributed by atoms with Gasteiger partial charge in [-0.05, 0) is 48.7 Å².